The van der Waals surface area contributed by atoms with E-state index in [4.69, 9.17) is 10.5 Å². The molecule has 0 aliphatic rings. The van der Waals surface area contributed by atoms with Crippen molar-refractivity contribution in [3.8, 4) is 0 Å². The molecule has 2 nitrogen and oxygen atoms in total. The van der Waals surface area contributed by atoms with Crippen LogP contribution in [0.25, 0.3) is 0 Å². The summed E-state index contributed by atoms with van der Waals surface area (Å²) < 4.78 is 12.0. The van der Waals surface area contributed by atoms with Gasteiger partial charge in [0.25, 0.3) is 0 Å². The van der Waals surface area contributed by atoms with E-state index in [1.54, 1.807) is 0 Å². The number of unbranched alkanes of at least 4 members (excludes halogenated alkanes) is 3. The van der Waals surface area contributed by atoms with Gasteiger partial charge in [-0.3, -0.25) is 0 Å². The second-order valence-electron chi connectivity index (χ2n) is 7.67. The molecular weight excluding hydrogens is 365 g/mol. The molecule has 21 heavy (non-hydrogen) atoms. The number of hydrogen-bond acceptors (Lipinski definition) is 2. The summed E-state index contributed by atoms with van der Waals surface area (Å²) in [6.07, 6.45) is 8.29. The molecule has 3 heteroatoms. The minimum atomic E-state index is -2.08. The molecule has 0 fully saturated rings. The van der Waals surface area contributed by atoms with Gasteiger partial charge in [-0.1, -0.05) is 0 Å². The zero-order valence-corrected chi connectivity index (χ0v) is 18.3. The summed E-state index contributed by atoms with van der Waals surface area (Å²) in [5.74, 6) is 0. The third-order valence-corrected chi connectivity index (χ3v) is 19.1. The van der Waals surface area contributed by atoms with Crippen LogP contribution >= 0.6 is 0 Å². The average molecular weight is 406 g/mol. The van der Waals surface area contributed by atoms with Crippen LogP contribution in [0.4, 0.5) is 0 Å². The molecule has 0 unspecified atom stereocenters. The van der Waals surface area contributed by atoms with E-state index in [-0.39, 0.29) is 5.41 Å². The Hall–Kier alpha value is 0.719. The summed E-state index contributed by atoms with van der Waals surface area (Å²) in [6, 6.07) is 0. The van der Waals surface area contributed by atoms with Gasteiger partial charge in [0.1, 0.15) is 0 Å². The van der Waals surface area contributed by atoms with Crippen molar-refractivity contribution < 1.29 is 4.74 Å². The van der Waals surface area contributed by atoms with Crippen LogP contribution in [0.2, 0.25) is 13.3 Å². The van der Waals surface area contributed by atoms with E-state index in [2.05, 4.69) is 34.6 Å². The van der Waals surface area contributed by atoms with Crippen molar-refractivity contribution in [3.05, 3.63) is 0 Å². The quantitative estimate of drug-likeness (QED) is 0.394. The second-order valence-corrected chi connectivity index (χ2v) is 21.3. The zero-order valence-electron chi connectivity index (χ0n) is 15.5. The van der Waals surface area contributed by atoms with Crippen LogP contribution in [0.15, 0.2) is 0 Å². The summed E-state index contributed by atoms with van der Waals surface area (Å²) in [6.45, 7) is 13.0. The van der Waals surface area contributed by atoms with Crippen LogP contribution in [0.1, 0.15) is 73.1 Å². The van der Waals surface area contributed by atoms with Crippen molar-refractivity contribution in [1.82, 2.24) is 0 Å². The van der Waals surface area contributed by atoms with Crippen molar-refractivity contribution in [2.75, 3.05) is 17.8 Å². The molecule has 0 spiro atoms. The van der Waals surface area contributed by atoms with E-state index >= 15 is 0 Å². The van der Waals surface area contributed by atoms with Gasteiger partial charge in [-0.15, -0.1) is 0 Å². The Balaban J connectivity index is 4.62. The van der Waals surface area contributed by atoms with Crippen molar-refractivity contribution in [2.45, 2.75) is 86.5 Å². The molecular formula is C18H41NOSn. The average Bonchev–Trinajstić information content (AvgIpc) is 2.48. The Morgan fingerprint density at radius 3 is 1.62 bits per heavy atom. The fraction of sp³-hybridized carbons (Fsp3) is 1.00. The van der Waals surface area contributed by atoms with Crippen molar-refractivity contribution in [1.29, 1.82) is 0 Å². The molecule has 0 saturated carbocycles. The summed E-state index contributed by atoms with van der Waals surface area (Å²) in [5.41, 5.74) is 5.97. The Morgan fingerprint density at radius 1 is 0.857 bits per heavy atom. The van der Waals surface area contributed by atoms with E-state index in [9.17, 15) is 0 Å². The third-order valence-electron chi connectivity index (χ3n) is 4.64. The predicted octanol–water partition coefficient (Wildman–Crippen LogP) is 5.38. The maximum absolute atomic E-state index is 6.26. The van der Waals surface area contributed by atoms with Crippen molar-refractivity contribution in [3.63, 3.8) is 0 Å². The van der Waals surface area contributed by atoms with Gasteiger partial charge in [0.2, 0.25) is 0 Å². The molecule has 0 aromatic heterocycles. The van der Waals surface area contributed by atoms with Gasteiger partial charge in [0.15, 0.2) is 0 Å². The Bertz CT molecular complexity index is 222. The van der Waals surface area contributed by atoms with Crippen molar-refractivity contribution in [2.24, 2.45) is 11.1 Å². The number of nitrogens with two attached hydrogens (primary N) is 1. The van der Waals surface area contributed by atoms with Crippen LogP contribution in [-0.2, 0) is 4.74 Å². The molecule has 0 aromatic carbocycles. The first-order valence-electron chi connectivity index (χ1n) is 9.23. The number of rotatable bonds is 14. The van der Waals surface area contributed by atoms with E-state index in [0.29, 0.717) is 6.54 Å². The first kappa shape index (κ1) is 21.7. The van der Waals surface area contributed by atoms with Gasteiger partial charge in [-0.2, -0.15) is 0 Å². The Kier molecular flexibility index (Phi) is 12.6. The Morgan fingerprint density at radius 2 is 1.29 bits per heavy atom. The van der Waals surface area contributed by atoms with Crippen LogP contribution in [-0.4, -0.2) is 36.2 Å². The van der Waals surface area contributed by atoms with Gasteiger partial charge in [-0.05, 0) is 0 Å². The maximum atomic E-state index is 6.26. The first-order chi connectivity index (χ1) is 9.95. The molecule has 0 radical (unpaired) electrons. The predicted molar refractivity (Wildman–Crippen MR) is 98.6 cm³/mol. The third kappa shape index (κ3) is 10.2. The molecule has 0 amide bonds. The summed E-state index contributed by atoms with van der Waals surface area (Å²) in [7, 11) is 0. The minimum absolute atomic E-state index is 0.137. The topological polar surface area (TPSA) is 35.2 Å². The van der Waals surface area contributed by atoms with E-state index in [1.165, 1.54) is 51.8 Å². The van der Waals surface area contributed by atoms with Crippen LogP contribution in [0.5, 0.6) is 0 Å². The molecule has 0 heterocycles. The van der Waals surface area contributed by atoms with Crippen LogP contribution < -0.4 is 5.73 Å². The first-order valence-corrected chi connectivity index (χ1v) is 17.3. The summed E-state index contributed by atoms with van der Waals surface area (Å²) >= 11 is -2.08. The fourth-order valence-corrected chi connectivity index (χ4v) is 17.2. The molecule has 128 valence electrons. The van der Waals surface area contributed by atoms with Gasteiger partial charge in [0.05, 0.1) is 0 Å². The van der Waals surface area contributed by atoms with Gasteiger partial charge in [-0.25, -0.2) is 0 Å². The SMILES string of the molecule is CCC[CH2][Sn]([CH2]CCC)([CH2]CCC)[CH2]OCC(C)(C)CN. The molecule has 0 bridgehead atoms. The normalized spacial score (nSPS) is 12.9. The molecule has 2 N–H and O–H groups in total. The number of hydrogen-bond donors (Lipinski definition) is 1. The molecule has 0 aliphatic carbocycles. The van der Waals surface area contributed by atoms with E-state index < -0.39 is 18.4 Å². The molecule has 0 atom stereocenters. The molecule has 0 rings (SSSR count). The van der Waals surface area contributed by atoms with E-state index in [1.807, 2.05) is 0 Å². The van der Waals surface area contributed by atoms with Gasteiger partial charge >= 0.3 is 138 Å². The standard InChI is InChI=1S/C6H14NO.3C4H9.Sn/c1-6(2,4-7)5-8-3;3*1-3-4-2;/h3-5,7H2,1-2H3;3*1,3-4H2,2H3;. The Labute approximate surface area is 138 Å². The van der Waals surface area contributed by atoms with Crippen molar-refractivity contribution >= 4 is 18.4 Å². The van der Waals surface area contributed by atoms with E-state index in [0.717, 1.165) is 11.2 Å². The van der Waals surface area contributed by atoms with Gasteiger partial charge < -0.3 is 0 Å². The summed E-state index contributed by atoms with van der Waals surface area (Å²) in [4.78, 5) is 0. The fourth-order valence-electron chi connectivity index (χ4n) is 2.85. The van der Waals surface area contributed by atoms with Gasteiger partial charge in [0, 0.05) is 0 Å². The molecule has 0 aliphatic heterocycles. The molecule has 0 aromatic rings. The zero-order chi connectivity index (χ0) is 16.2. The monoisotopic (exact) mass is 407 g/mol. The van der Waals surface area contributed by atoms with Crippen LogP contribution in [0, 0.1) is 5.41 Å². The summed E-state index contributed by atoms with van der Waals surface area (Å²) in [5, 5.41) is 0. The second kappa shape index (κ2) is 12.2. The number of ether oxygens (including phenoxy) is 1. The molecule has 0 saturated heterocycles. The van der Waals surface area contributed by atoms with Crippen LogP contribution in [0.3, 0.4) is 0 Å².